The zero-order valence-electron chi connectivity index (χ0n) is 13.6. The number of halogens is 1. The number of nitrogens with one attached hydrogen (secondary N) is 2. The predicted octanol–water partition coefficient (Wildman–Crippen LogP) is 3.88. The Balaban J connectivity index is 1.94. The van der Waals surface area contributed by atoms with Crippen LogP contribution >= 0.6 is 27.3 Å². The van der Waals surface area contributed by atoms with Crippen molar-refractivity contribution in [3.63, 3.8) is 0 Å². The molecule has 0 saturated carbocycles. The summed E-state index contributed by atoms with van der Waals surface area (Å²) < 4.78 is 8.02. The number of carbonyl (C=O) groups is 1. The molecular weight excluding hydrogens is 380 g/mol. The second-order valence-electron chi connectivity index (χ2n) is 6.08. The van der Waals surface area contributed by atoms with Gasteiger partial charge in [-0.1, -0.05) is 0 Å². The molecule has 0 bridgehead atoms. The summed E-state index contributed by atoms with van der Waals surface area (Å²) in [6.07, 6.45) is 1.26. The summed E-state index contributed by atoms with van der Waals surface area (Å²) in [5.74, 6) is 0.638. The summed E-state index contributed by atoms with van der Waals surface area (Å²) in [6.45, 7) is 6.86. The summed E-state index contributed by atoms with van der Waals surface area (Å²) >= 11 is 5.14. The van der Waals surface area contributed by atoms with E-state index in [9.17, 15) is 4.79 Å². The van der Waals surface area contributed by atoms with Crippen LogP contribution in [-0.2, 0) is 24.9 Å². The molecule has 0 unspecified atom stereocenters. The number of ether oxygens (including phenoxy) is 1. The minimum atomic E-state index is -0.534. The van der Waals surface area contributed by atoms with E-state index in [4.69, 9.17) is 4.74 Å². The van der Waals surface area contributed by atoms with Gasteiger partial charge in [0.1, 0.15) is 11.4 Å². The van der Waals surface area contributed by atoms with Gasteiger partial charge in [-0.05, 0) is 48.8 Å². The fourth-order valence-electron chi connectivity index (χ4n) is 1.94. The van der Waals surface area contributed by atoms with Gasteiger partial charge in [0.15, 0.2) is 0 Å². The summed E-state index contributed by atoms with van der Waals surface area (Å²) in [5.41, 5.74) is 0.377. The average molecular weight is 401 g/mol. The number of hydrogen-bond donors (Lipinski definition) is 2. The maximum Gasteiger partial charge on any atom is 0.413 e. The van der Waals surface area contributed by atoms with E-state index in [0.717, 1.165) is 15.9 Å². The van der Waals surface area contributed by atoms with Crippen molar-refractivity contribution in [3.05, 3.63) is 32.6 Å². The highest BCUT2D eigenvalue weighted by molar-refractivity contribution is 9.11. The Labute approximate surface area is 148 Å². The number of aryl methyl sites for hydroxylation is 1. The van der Waals surface area contributed by atoms with Crippen molar-refractivity contribution in [1.82, 2.24) is 15.1 Å². The number of anilines is 1. The maximum atomic E-state index is 11.9. The molecule has 0 atom stereocenters. The van der Waals surface area contributed by atoms with Gasteiger partial charge in [0, 0.05) is 30.6 Å². The Morgan fingerprint density at radius 3 is 2.74 bits per heavy atom. The predicted molar refractivity (Wildman–Crippen MR) is 95.6 cm³/mol. The first-order valence-corrected chi connectivity index (χ1v) is 8.81. The monoisotopic (exact) mass is 400 g/mol. The molecule has 126 valence electrons. The first-order valence-electron chi connectivity index (χ1n) is 7.20. The second-order valence-corrected chi connectivity index (χ2v) is 8.63. The topological polar surface area (TPSA) is 68.2 Å². The molecule has 0 saturated heterocycles. The van der Waals surface area contributed by atoms with Gasteiger partial charge in [0.25, 0.3) is 0 Å². The highest BCUT2D eigenvalue weighted by Gasteiger charge is 2.18. The van der Waals surface area contributed by atoms with Crippen molar-refractivity contribution < 1.29 is 9.53 Å². The summed E-state index contributed by atoms with van der Waals surface area (Å²) in [4.78, 5) is 13.2. The lowest BCUT2D eigenvalue weighted by Crippen LogP contribution is -2.28. The van der Waals surface area contributed by atoms with Gasteiger partial charge >= 0.3 is 6.09 Å². The Bertz CT molecular complexity index is 675. The van der Waals surface area contributed by atoms with Crippen LogP contribution in [-0.4, -0.2) is 21.5 Å². The highest BCUT2D eigenvalue weighted by atomic mass is 79.9. The molecule has 1 amide bonds. The van der Waals surface area contributed by atoms with Crippen LogP contribution in [0.1, 0.15) is 31.2 Å². The molecular formula is C15H21BrN4O2S. The molecule has 2 heterocycles. The Kier molecular flexibility index (Phi) is 5.83. The van der Waals surface area contributed by atoms with Crippen molar-refractivity contribution in [3.8, 4) is 0 Å². The first-order chi connectivity index (χ1) is 10.7. The molecule has 0 radical (unpaired) electrons. The SMILES string of the molecule is Cn1ncc(CNCc2ccc(Br)s2)c1NC(=O)OC(C)(C)C. The largest absolute Gasteiger partial charge is 0.444 e. The first kappa shape index (κ1) is 18.0. The summed E-state index contributed by atoms with van der Waals surface area (Å²) in [7, 11) is 1.78. The molecule has 2 aromatic heterocycles. The Morgan fingerprint density at radius 1 is 1.39 bits per heavy atom. The average Bonchev–Trinajstić information content (AvgIpc) is 2.97. The fraction of sp³-hybridized carbons (Fsp3) is 0.467. The zero-order valence-corrected chi connectivity index (χ0v) is 16.0. The van der Waals surface area contributed by atoms with Crippen LogP contribution in [0.2, 0.25) is 0 Å². The molecule has 0 aliphatic rings. The highest BCUT2D eigenvalue weighted by Crippen LogP contribution is 2.22. The Hall–Kier alpha value is -1.38. The number of amides is 1. The number of hydrogen-bond acceptors (Lipinski definition) is 5. The number of nitrogens with zero attached hydrogens (tertiary/aromatic N) is 2. The van der Waals surface area contributed by atoms with Crippen LogP contribution in [0.25, 0.3) is 0 Å². The van der Waals surface area contributed by atoms with E-state index >= 15 is 0 Å². The van der Waals surface area contributed by atoms with Crippen LogP contribution in [0.5, 0.6) is 0 Å². The van der Waals surface area contributed by atoms with E-state index < -0.39 is 11.7 Å². The normalized spacial score (nSPS) is 11.5. The number of aromatic nitrogens is 2. The molecule has 2 rings (SSSR count). The van der Waals surface area contributed by atoms with E-state index in [1.165, 1.54) is 4.88 Å². The van der Waals surface area contributed by atoms with Crippen molar-refractivity contribution in [2.75, 3.05) is 5.32 Å². The minimum absolute atomic E-state index is 0.482. The molecule has 0 aliphatic heterocycles. The molecule has 2 aromatic rings. The lowest BCUT2D eigenvalue weighted by Gasteiger charge is -2.20. The number of thiophene rings is 1. The third-order valence-electron chi connectivity index (χ3n) is 2.88. The number of rotatable bonds is 5. The molecule has 2 N–H and O–H groups in total. The number of carbonyl (C=O) groups excluding carboxylic acids is 1. The van der Waals surface area contributed by atoms with E-state index in [1.807, 2.05) is 26.8 Å². The third-order valence-corrected chi connectivity index (χ3v) is 4.50. The lowest BCUT2D eigenvalue weighted by molar-refractivity contribution is 0.0634. The van der Waals surface area contributed by atoms with Crippen molar-refractivity contribution >= 4 is 39.2 Å². The maximum absolute atomic E-state index is 11.9. The van der Waals surface area contributed by atoms with E-state index in [-0.39, 0.29) is 0 Å². The quantitative estimate of drug-likeness (QED) is 0.798. The lowest BCUT2D eigenvalue weighted by atomic mass is 10.2. The van der Waals surface area contributed by atoms with Crippen molar-refractivity contribution in [2.24, 2.45) is 7.05 Å². The summed E-state index contributed by atoms with van der Waals surface area (Å²) in [6, 6.07) is 4.10. The molecule has 0 aromatic carbocycles. The van der Waals surface area contributed by atoms with E-state index in [2.05, 4.69) is 37.7 Å². The van der Waals surface area contributed by atoms with Gasteiger partial charge in [0.05, 0.1) is 9.98 Å². The molecule has 23 heavy (non-hydrogen) atoms. The molecule has 0 fully saturated rings. The zero-order chi connectivity index (χ0) is 17.0. The van der Waals surface area contributed by atoms with Crippen LogP contribution in [0, 0.1) is 0 Å². The minimum Gasteiger partial charge on any atom is -0.444 e. The molecule has 8 heteroatoms. The van der Waals surface area contributed by atoms with E-state index in [1.54, 1.807) is 29.3 Å². The van der Waals surface area contributed by atoms with Crippen LogP contribution < -0.4 is 10.6 Å². The van der Waals surface area contributed by atoms with Gasteiger partial charge in [-0.2, -0.15) is 5.10 Å². The standard InChI is InChI=1S/C15H21BrN4O2S/c1-15(2,3)22-14(21)19-13-10(8-18-20(13)4)7-17-9-11-5-6-12(16)23-11/h5-6,8,17H,7,9H2,1-4H3,(H,19,21). The van der Waals surface area contributed by atoms with Gasteiger partial charge in [0.2, 0.25) is 0 Å². The Morgan fingerprint density at radius 2 is 2.13 bits per heavy atom. The molecule has 0 aliphatic carbocycles. The molecule has 6 nitrogen and oxygen atoms in total. The van der Waals surface area contributed by atoms with Gasteiger partial charge in [-0.25, -0.2) is 4.79 Å². The van der Waals surface area contributed by atoms with Crippen LogP contribution in [0.3, 0.4) is 0 Å². The van der Waals surface area contributed by atoms with Gasteiger partial charge in [-0.15, -0.1) is 11.3 Å². The third kappa shape index (κ3) is 5.63. The van der Waals surface area contributed by atoms with Crippen molar-refractivity contribution in [1.29, 1.82) is 0 Å². The fourth-order valence-corrected chi connectivity index (χ4v) is 3.39. The van der Waals surface area contributed by atoms with Gasteiger partial charge in [-0.3, -0.25) is 10.00 Å². The smallest absolute Gasteiger partial charge is 0.413 e. The second kappa shape index (κ2) is 7.46. The van der Waals surface area contributed by atoms with Gasteiger partial charge < -0.3 is 10.1 Å². The van der Waals surface area contributed by atoms with E-state index in [0.29, 0.717) is 12.4 Å². The van der Waals surface area contributed by atoms with Crippen molar-refractivity contribution in [2.45, 2.75) is 39.5 Å². The molecule has 0 spiro atoms. The van der Waals surface area contributed by atoms with Crippen LogP contribution in [0.15, 0.2) is 22.1 Å². The summed E-state index contributed by atoms with van der Waals surface area (Å²) in [5, 5.41) is 10.3. The van der Waals surface area contributed by atoms with Crippen LogP contribution in [0.4, 0.5) is 10.6 Å².